The Morgan fingerprint density at radius 2 is 1.78 bits per heavy atom. The minimum absolute atomic E-state index is 0.122. The second-order valence-electron chi connectivity index (χ2n) is 4.48. The molecule has 0 aliphatic heterocycles. The fraction of sp³-hybridized carbons (Fsp3) is 0.125. The molecular formula is C16H13FS. The highest BCUT2D eigenvalue weighted by Gasteiger charge is 2.08. The van der Waals surface area contributed by atoms with Crippen molar-refractivity contribution in [2.75, 3.05) is 0 Å². The van der Waals surface area contributed by atoms with Gasteiger partial charge in [0.25, 0.3) is 0 Å². The van der Waals surface area contributed by atoms with Crippen LogP contribution in [0.1, 0.15) is 16.7 Å². The highest BCUT2D eigenvalue weighted by molar-refractivity contribution is 7.17. The van der Waals surface area contributed by atoms with Crippen LogP contribution in [0.5, 0.6) is 0 Å². The summed E-state index contributed by atoms with van der Waals surface area (Å²) in [5.74, 6) is -0.122. The van der Waals surface area contributed by atoms with Gasteiger partial charge >= 0.3 is 0 Å². The molecule has 1 aromatic heterocycles. The molecule has 2 heteroatoms. The van der Waals surface area contributed by atoms with Crippen molar-refractivity contribution in [3.63, 3.8) is 0 Å². The van der Waals surface area contributed by atoms with E-state index in [1.807, 2.05) is 12.1 Å². The highest BCUT2D eigenvalue weighted by atomic mass is 32.1. The Kier molecular flexibility index (Phi) is 2.88. The van der Waals surface area contributed by atoms with Gasteiger partial charge in [0.1, 0.15) is 5.82 Å². The van der Waals surface area contributed by atoms with Crippen molar-refractivity contribution < 1.29 is 4.39 Å². The van der Waals surface area contributed by atoms with Gasteiger partial charge in [-0.15, -0.1) is 11.3 Å². The van der Waals surface area contributed by atoms with Crippen LogP contribution in [0, 0.1) is 12.7 Å². The van der Waals surface area contributed by atoms with Gasteiger partial charge in [-0.3, -0.25) is 0 Å². The zero-order valence-corrected chi connectivity index (χ0v) is 10.9. The molecule has 0 saturated heterocycles. The first kappa shape index (κ1) is 11.4. The first-order valence-electron chi connectivity index (χ1n) is 5.95. The number of aryl methyl sites for hydroxylation is 1. The van der Waals surface area contributed by atoms with Crippen LogP contribution in [0.25, 0.3) is 10.1 Å². The normalized spacial score (nSPS) is 11.0. The molecule has 0 aliphatic rings. The second-order valence-corrected chi connectivity index (χ2v) is 5.36. The molecule has 0 spiro atoms. The predicted octanol–water partition coefficient (Wildman–Crippen LogP) is 4.94. The number of halogens is 1. The average molecular weight is 256 g/mol. The molecule has 0 unspecified atom stereocenters. The Hall–Kier alpha value is -1.67. The van der Waals surface area contributed by atoms with Gasteiger partial charge in [-0.25, -0.2) is 4.39 Å². The van der Waals surface area contributed by atoms with Gasteiger partial charge in [0, 0.05) is 11.1 Å². The maximum atomic E-state index is 13.7. The first-order valence-corrected chi connectivity index (χ1v) is 6.83. The van der Waals surface area contributed by atoms with Crippen molar-refractivity contribution in [1.29, 1.82) is 0 Å². The van der Waals surface area contributed by atoms with E-state index in [1.54, 1.807) is 17.4 Å². The molecule has 0 saturated carbocycles. The summed E-state index contributed by atoms with van der Waals surface area (Å²) in [5, 5.41) is 3.45. The number of rotatable bonds is 2. The summed E-state index contributed by atoms with van der Waals surface area (Å²) >= 11 is 1.74. The third-order valence-electron chi connectivity index (χ3n) is 3.21. The zero-order valence-electron chi connectivity index (χ0n) is 10.1. The molecule has 18 heavy (non-hydrogen) atoms. The molecule has 0 bridgehead atoms. The molecular weight excluding hydrogens is 243 g/mol. The highest BCUT2D eigenvalue weighted by Crippen LogP contribution is 2.30. The van der Waals surface area contributed by atoms with E-state index >= 15 is 0 Å². The van der Waals surface area contributed by atoms with Crippen LogP contribution in [0.15, 0.2) is 47.8 Å². The fourth-order valence-electron chi connectivity index (χ4n) is 2.23. The summed E-state index contributed by atoms with van der Waals surface area (Å²) in [6.45, 7) is 2.12. The molecule has 1 heterocycles. The lowest BCUT2D eigenvalue weighted by Gasteiger charge is -2.05. The summed E-state index contributed by atoms with van der Waals surface area (Å²) in [6.07, 6.45) is 0.657. The quantitative estimate of drug-likeness (QED) is 0.609. The number of thiophene rings is 1. The van der Waals surface area contributed by atoms with Crippen molar-refractivity contribution in [3.05, 3.63) is 70.4 Å². The number of hydrogen-bond acceptors (Lipinski definition) is 1. The zero-order chi connectivity index (χ0) is 12.5. The predicted molar refractivity (Wildman–Crippen MR) is 75.8 cm³/mol. The molecule has 0 atom stereocenters. The van der Waals surface area contributed by atoms with E-state index in [9.17, 15) is 4.39 Å². The minimum atomic E-state index is -0.122. The fourth-order valence-corrected chi connectivity index (χ4v) is 3.30. The van der Waals surface area contributed by atoms with Gasteiger partial charge in [-0.1, -0.05) is 36.4 Å². The Bertz CT molecular complexity index is 697. The van der Waals surface area contributed by atoms with Crippen molar-refractivity contribution in [3.8, 4) is 0 Å². The van der Waals surface area contributed by atoms with Crippen molar-refractivity contribution >= 4 is 21.4 Å². The standard InChI is InChI=1S/C16H13FS/c1-11-10-18-16-13(6-4-7-14(11)16)9-12-5-2-3-8-15(12)17/h2-8,10H,9H2,1H3. The Labute approximate surface area is 110 Å². The van der Waals surface area contributed by atoms with Crippen LogP contribution in [0.3, 0.4) is 0 Å². The van der Waals surface area contributed by atoms with Gasteiger partial charge in [0.15, 0.2) is 0 Å². The van der Waals surface area contributed by atoms with Gasteiger partial charge in [0.05, 0.1) is 0 Å². The lowest BCUT2D eigenvalue weighted by atomic mass is 10.0. The largest absolute Gasteiger partial charge is 0.207 e. The monoisotopic (exact) mass is 256 g/mol. The molecule has 2 aromatic carbocycles. The van der Waals surface area contributed by atoms with Crippen LogP contribution in [-0.2, 0) is 6.42 Å². The van der Waals surface area contributed by atoms with Crippen LogP contribution in [0.4, 0.5) is 4.39 Å². The average Bonchev–Trinajstić information content (AvgIpc) is 2.76. The lowest BCUT2D eigenvalue weighted by molar-refractivity contribution is 0.614. The van der Waals surface area contributed by atoms with E-state index in [-0.39, 0.29) is 5.82 Å². The molecule has 0 aliphatic carbocycles. The lowest BCUT2D eigenvalue weighted by Crippen LogP contribution is -1.92. The Morgan fingerprint density at radius 1 is 1.00 bits per heavy atom. The molecule has 3 rings (SSSR count). The topological polar surface area (TPSA) is 0 Å². The maximum Gasteiger partial charge on any atom is 0.126 e. The molecule has 0 fully saturated rings. The van der Waals surface area contributed by atoms with Gasteiger partial charge in [0.2, 0.25) is 0 Å². The van der Waals surface area contributed by atoms with Crippen molar-refractivity contribution in [1.82, 2.24) is 0 Å². The van der Waals surface area contributed by atoms with Gasteiger partial charge < -0.3 is 0 Å². The Balaban J connectivity index is 2.08. The molecule has 0 radical (unpaired) electrons. The molecule has 0 N–H and O–H groups in total. The molecule has 0 nitrogen and oxygen atoms in total. The van der Waals surface area contributed by atoms with Gasteiger partial charge in [-0.2, -0.15) is 0 Å². The van der Waals surface area contributed by atoms with E-state index in [1.165, 1.54) is 27.3 Å². The SMILES string of the molecule is Cc1csc2c(Cc3ccccc3F)cccc12. The van der Waals surface area contributed by atoms with E-state index in [0.717, 1.165) is 5.56 Å². The number of hydrogen-bond donors (Lipinski definition) is 0. The summed E-state index contributed by atoms with van der Waals surface area (Å²) in [4.78, 5) is 0. The molecule has 0 amide bonds. The first-order chi connectivity index (χ1) is 8.75. The maximum absolute atomic E-state index is 13.7. The summed E-state index contributed by atoms with van der Waals surface area (Å²) in [6, 6.07) is 13.3. The van der Waals surface area contributed by atoms with Crippen LogP contribution >= 0.6 is 11.3 Å². The van der Waals surface area contributed by atoms with Crippen molar-refractivity contribution in [2.24, 2.45) is 0 Å². The smallest absolute Gasteiger partial charge is 0.126 e. The second kappa shape index (κ2) is 4.54. The van der Waals surface area contributed by atoms with Gasteiger partial charge in [-0.05, 0) is 40.4 Å². The van der Waals surface area contributed by atoms with E-state index in [0.29, 0.717) is 6.42 Å². The molecule has 90 valence electrons. The van der Waals surface area contributed by atoms with E-state index in [2.05, 4.69) is 30.5 Å². The van der Waals surface area contributed by atoms with Crippen LogP contribution < -0.4 is 0 Å². The minimum Gasteiger partial charge on any atom is -0.207 e. The van der Waals surface area contributed by atoms with Crippen LogP contribution in [-0.4, -0.2) is 0 Å². The third kappa shape index (κ3) is 1.93. The number of fused-ring (bicyclic) bond motifs is 1. The van der Waals surface area contributed by atoms with E-state index < -0.39 is 0 Å². The van der Waals surface area contributed by atoms with Crippen molar-refractivity contribution in [2.45, 2.75) is 13.3 Å². The Morgan fingerprint density at radius 3 is 2.61 bits per heavy atom. The van der Waals surface area contributed by atoms with E-state index in [4.69, 9.17) is 0 Å². The third-order valence-corrected chi connectivity index (χ3v) is 4.40. The van der Waals surface area contributed by atoms with Crippen LogP contribution in [0.2, 0.25) is 0 Å². The number of benzene rings is 2. The summed E-state index contributed by atoms with van der Waals surface area (Å²) in [5.41, 5.74) is 3.26. The summed E-state index contributed by atoms with van der Waals surface area (Å²) in [7, 11) is 0. The summed E-state index contributed by atoms with van der Waals surface area (Å²) < 4.78 is 15.0. The molecule has 3 aromatic rings.